The van der Waals surface area contributed by atoms with E-state index in [1.165, 1.54) is 25.7 Å². The van der Waals surface area contributed by atoms with Gasteiger partial charge in [-0.15, -0.1) is 0 Å². The number of aryl methyl sites for hydroxylation is 1. The molecule has 2 heterocycles. The minimum absolute atomic E-state index is 0.370. The maximum atomic E-state index is 4.86. The molecule has 5 nitrogen and oxygen atoms in total. The molecule has 1 aromatic heterocycles. The monoisotopic (exact) mass is 263 g/mol. The van der Waals surface area contributed by atoms with E-state index in [4.69, 9.17) is 4.98 Å². The number of piperazine rings is 1. The zero-order chi connectivity index (χ0) is 13.2. The van der Waals surface area contributed by atoms with Crippen LogP contribution in [-0.4, -0.2) is 45.8 Å². The second-order valence-electron chi connectivity index (χ2n) is 5.90. The van der Waals surface area contributed by atoms with Crippen LogP contribution in [0.15, 0.2) is 0 Å². The molecular weight excluding hydrogens is 238 g/mol. The minimum Gasteiger partial charge on any atom is -0.314 e. The molecule has 1 aliphatic heterocycles. The SMILES string of the molecule is CC(c1nc(C2CCCC2)nn1C)N1CCNCC1. The van der Waals surface area contributed by atoms with Gasteiger partial charge in [-0.1, -0.05) is 12.8 Å². The lowest BCUT2D eigenvalue weighted by atomic mass is 10.1. The lowest BCUT2D eigenvalue weighted by Crippen LogP contribution is -2.45. The van der Waals surface area contributed by atoms with Crippen molar-refractivity contribution in [2.24, 2.45) is 7.05 Å². The van der Waals surface area contributed by atoms with E-state index in [2.05, 4.69) is 22.2 Å². The first-order valence-electron chi connectivity index (χ1n) is 7.61. The van der Waals surface area contributed by atoms with Gasteiger partial charge in [-0.2, -0.15) is 5.10 Å². The average molecular weight is 263 g/mol. The van der Waals surface area contributed by atoms with Gasteiger partial charge in [0.1, 0.15) is 5.82 Å². The maximum Gasteiger partial charge on any atom is 0.154 e. The highest BCUT2D eigenvalue weighted by molar-refractivity contribution is 5.04. The van der Waals surface area contributed by atoms with Gasteiger partial charge in [0.05, 0.1) is 6.04 Å². The van der Waals surface area contributed by atoms with Crippen molar-refractivity contribution in [2.45, 2.75) is 44.6 Å². The predicted octanol–water partition coefficient (Wildman–Crippen LogP) is 1.44. The summed E-state index contributed by atoms with van der Waals surface area (Å²) in [7, 11) is 2.04. The molecule has 1 saturated carbocycles. The van der Waals surface area contributed by atoms with Gasteiger partial charge >= 0.3 is 0 Å². The zero-order valence-electron chi connectivity index (χ0n) is 12.1. The molecule has 1 aromatic rings. The van der Waals surface area contributed by atoms with Crippen molar-refractivity contribution < 1.29 is 0 Å². The molecule has 0 radical (unpaired) electrons. The third-order valence-electron chi connectivity index (χ3n) is 4.61. The Bertz CT molecular complexity index is 415. The number of nitrogens with zero attached hydrogens (tertiary/aromatic N) is 4. The van der Waals surface area contributed by atoms with E-state index in [-0.39, 0.29) is 0 Å². The zero-order valence-corrected chi connectivity index (χ0v) is 12.1. The highest BCUT2D eigenvalue weighted by atomic mass is 15.4. The molecule has 0 spiro atoms. The quantitative estimate of drug-likeness (QED) is 0.896. The van der Waals surface area contributed by atoms with Gasteiger partial charge in [0.25, 0.3) is 0 Å². The predicted molar refractivity (Wildman–Crippen MR) is 75.1 cm³/mol. The highest BCUT2D eigenvalue weighted by Crippen LogP contribution is 2.33. The third-order valence-corrected chi connectivity index (χ3v) is 4.61. The molecule has 3 rings (SSSR count). The minimum atomic E-state index is 0.370. The van der Waals surface area contributed by atoms with Crippen molar-refractivity contribution in [2.75, 3.05) is 26.2 Å². The number of hydrogen-bond donors (Lipinski definition) is 1. The second kappa shape index (κ2) is 5.59. The van der Waals surface area contributed by atoms with Crippen molar-refractivity contribution in [1.29, 1.82) is 0 Å². The van der Waals surface area contributed by atoms with Gasteiger partial charge in [0.15, 0.2) is 5.82 Å². The summed E-state index contributed by atoms with van der Waals surface area (Å²) in [4.78, 5) is 7.36. The Balaban J connectivity index is 1.75. The summed E-state index contributed by atoms with van der Waals surface area (Å²) in [6, 6.07) is 0.370. The highest BCUT2D eigenvalue weighted by Gasteiger charge is 2.26. The molecule has 1 unspecified atom stereocenters. The van der Waals surface area contributed by atoms with Gasteiger partial charge in [-0.05, 0) is 19.8 Å². The van der Waals surface area contributed by atoms with E-state index >= 15 is 0 Å². The van der Waals surface area contributed by atoms with Crippen LogP contribution in [-0.2, 0) is 7.05 Å². The van der Waals surface area contributed by atoms with E-state index in [0.717, 1.165) is 37.8 Å². The number of aromatic nitrogens is 3. The van der Waals surface area contributed by atoms with Crippen LogP contribution in [0.2, 0.25) is 0 Å². The Morgan fingerprint density at radius 1 is 1.21 bits per heavy atom. The smallest absolute Gasteiger partial charge is 0.154 e. The standard InChI is InChI=1S/C14H25N5/c1-11(19-9-7-15-8-10-19)14-16-13(17-18(14)2)12-5-3-4-6-12/h11-12,15H,3-10H2,1-2H3. The Labute approximate surface area is 115 Å². The second-order valence-corrected chi connectivity index (χ2v) is 5.90. The van der Waals surface area contributed by atoms with Crippen LogP contribution in [0.4, 0.5) is 0 Å². The first-order chi connectivity index (χ1) is 9.25. The molecule has 2 aliphatic rings. The molecule has 19 heavy (non-hydrogen) atoms. The molecule has 106 valence electrons. The summed E-state index contributed by atoms with van der Waals surface area (Å²) >= 11 is 0. The van der Waals surface area contributed by atoms with E-state index in [9.17, 15) is 0 Å². The largest absolute Gasteiger partial charge is 0.314 e. The van der Waals surface area contributed by atoms with Crippen molar-refractivity contribution in [3.05, 3.63) is 11.6 Å². The third kappa shape index (κ3) is 2.67. The van der Waals surface area contributed by atoms with Crippen molar-refractivity contribution in [3.63, 3.8) is 0 Å². The lowest BCUT2D eigenvalue weighted by molar-refractivity contribution is 0.176. The maximum absolute atomic E-state index is 4.86. The van der Waals surface area contributed by atoms with Crippen LogP contribution in [0.1, 0.15) is 56.2 Å². The molecule has 1 N–H and O–H groups in total. The summed E-state index contributed by atoms with van der Waals surface area (Å²) in [6.45, 7) is 6.63. The first-order valence-corrected chi connectivity index (χ1v) is 7.61. The first kappa shape index (κ1) is 13.1. The van der Waals surface area contributed by atoms with Crippen molar-refractivity contribution in [3.8, 4) is 0 Å². The molecule has 5 heteroatoms. The summed E-state index contributed by atoms with van der Waals surface area (Å²) < 4.78 is 2.00. The Morgan fingerprint density at radius 2 is 1.89 bits per heavy atom. The fraction of sp³-hybridized carbons (Fsp3) is 0.857. The molecule has 1 aliphatic carbocycles. The van der Waals surface area contributed by atoms with Crippen LogP contribution in [0.3, 0.4) is 0 Å². The van der Waals surface area contributed by atoms with E-state index < -0.39 is 0 Å². The van der Waals surface area contributed by atoms with E-state index in [0.29, 0.717) is 12.0 Å². The van der Waals surface area contributed by atoms with Crippen LogP contribution < -0.4 is 5.32 Å². The van der Waals surface area contributed by atoms with Crippen molar-refractivity contribution >= 4 is 0 Å². The normalized spacial score (nSPS) is 23.9. The molecular formula is C14H25N5. The molecule has 2 fully saturated rings. The van der Waals surface area contributed by atoms with Crippen LogP contribution in [0.25, 0.3) is 0 Å². The topological polar surface area (TPSA) is 46.0 Å². The molecule has 0 aromatic carbocycles. The van der Waals surface area contributed by atoms with E-state index in [1.54, 1.807) is 0 Å². The van der Waals surface area contributed by atoms with Gasteiger partial charge < -0.3 is 5.32 Å². The summed E-state index contributed by atoms with van der Waals surface area (Å²) in [5.74, 6) is 2.82. The van der Waals surface area contributed by atoms with Gasteiger partial charge in [-0.25, -0.2) is 4.98 Å². The van der Waals surface area contributed by atoms with Gasteiger partial charge in [-0.3, -0.25) is 9.58 Å². The summed E-state index contributed by atoms with van der Waals surface area (Å²) in [5.41, 5.74) is 0. The Morgan fingerprint density at radius 3 is 2.58 bits per heavy atom. The molecule has 1 saturated heterocycles. The van der Waals surface area contributed by atoms with E-state index in [1.807, 2.05) is 11.7 Å². The lowest BCUT2D eigenvalue weighted by Gasteiger charge is -2.31. The van der Waals surface area contributed by atoms with Gasteiger partial charge in [0.2, 0.25) is 0 Å². The summed E-state index contributed by atoms with van der Waals surface area (Å²) in [6.07, 6.45) is 5.22. The Hall–Kier alpha value is -0.940. The number of rotatable bonds is 3. The van der Waals surface area contributed by atoms with Crippen LogP contribution in [0.5, 0.6) is 0 Å². The molecule has 0 amide bonds. The molecule has 0 bridgehead atoms. The fourth-order valence-electron chi connectivity index (χ4n) is 3.37. The summed E-state index contributed by atoms with van der Waals surface area (Å²) in [5, 5.41) is 8.07. The van der Waals surface area contributed by atoms with Crippen molar-refractivity contribution in [1.82, 2.24) is 25.0 Å². The van der Waals surface area contributed by atoms with Crippen LogP contribution in [0, 0.1) is 0 Å². The fourth-order valence-corrected chi connectivity index (χ4v) is 3.37. The molecule has 1 atom stereocenters. The Kier molecular flexibility index (Phi) is 3.84. The van der Waals surface area contributed by atoms with Gasteiger partial charge in [0, 0.05) is 39.1 Å². The van der Waals surface area contributed by atoms with Crippen LogP contribution >= 0.6 is 0 Å². The average Bonchev–Trinajstić information content (AvgIpc) is 3.08. The number of hydrogen-bond acceptors (Lipinski definition) is 4. The number of nitrogens with one attached hydrogen (secondary N) is 1.